The molecule has 16 heteroatoms. The number of carbonyl (C=O) groups is 4. The zero-order valence-electron chi connectivity index (χ0n) is 29.5. The van der Waals surface area contributed by atoms with Crippen LogP contribution in [0.5, 0.6) is 0 Å². The number of rotatable bonds is 11. The van der Waals surface area contributed by atoms with E-state index >= 15 is 0 Å². The summed E-state index contributed by atoms with van der Waals surface area (Å²) in [4.78, 5) is 65.1. The Morgan fingerprint density at radius 3 is 1.35 bits per heavy atom. The van der Waals surface area contributed by atoms with Gasteiger partial charge >= 0.3 is 12.2 Å². The predicted molar refractivity (Wildman–Crippen MR) is 191 cm³/mol. The fourth-order valence-electron chi connectivity index (χ4n) is 6.99. The smallest absolute Gasteiger partial charge is 0.405 e. The molecule has 4 heterocycles. The maximum absolute atomic E-state index is 13.3. The summed E-state index contributed by atoms with van der Waals surface area (Å²) in [6, 6.07) is 13.8. The van der Waals surface area contributed by atoms with Crippen molar-refractivity contribution < 1.29 is 29.4 Å². The Hall–Kier alpha value is -5.74. The van der Waals surface area contributed by atoms with Gasteiger partial charge in [-0.25, -0.2) is 29.6 Å². The Labute approximate surface area is 300 Å². The van der Waals surface area contributed by atoms with Crippen LogP contribution in [0.15, 0.2) is 60.9 Å². The quantitative estimate of drug-likeness (QED) is 0.129. The maximum Gasteiger partial charge on any atom is 0.405 e. The van der Waals surface area contributed by atoms with Gasteiger partial charge in [0.25, 0.3) is 11.8 Å². The predicted octanol–water partition coefficient (Wildman–Crippen LogP) is 4.47. The van der Waals surface area contributed by atoms with Crippen LogP contribution in [0.25, 0.3) is 33.6 Å². The second-order valence-corrected chi connectivity index (χ2v) is 13.1. The first-order valence-electron chi connectivity index (χ1n) is 17.4. The SMILES string of the molecule is CC[C@H](NC(=O)O)C(=O)N1[C@H](c2ncc(-c3ccc(-c4ccc(-c5cnc([C@@H]6CCN(C)N6C(=O)[C@H](CC)NC(=O)O)[nH]5)cc4)cc3)[nH]2)CCN1C. The van der Waals surface area contributed by atoms with Crippen LogP contribution >= 0.6 is 0 Å². The van der Waals surface area contributed by atoms with Crippen molar-refractivity contribution in [2.75, 3.05) is 27.2 Å². The van der Waals surface area contributed by atoms with Crippen LogP contribution in [0.2, 0.25) is 0 Å². The molecule has 2 fully saturated rings. The summed E-state index contributed by atoms with van der Waals surface area (Å²) in [6.45, 7) is 4.81. The third-order valence-electron chi connectivity index (χ3n) is 9.79. The van der Waals surface area contributed by atoms with E-state index in [-0.39, 0.29) is 23.9 Å². The van der Waals surface area contributed by atoms with Crippen molar-refractivity contribution in [1.29, 1.82) is 0 Å². The Morgan fingerprint density at radius 1 is 0.673 bits per heavy atom. The molecule has 2 aliphatic heterocycles. The summed E-state index contributed by atoms with van der Waals surface area (Å²) in [5.41, 5.74) is 5.52. The molecule has 2 saturated heterocycles. The van der Waals surface area contributed by atoms with Crippen molar-refractivity contribution in [2.24, 2.45) is 0 Å². The number of carboxylic acid groups (broad SMARTS) is 2. The average Bonchev–Trinajstić information content (AvgIpc) is 3.96. The first-order valence-corrected chi connectivity index (χ1v) is 17.4. The Bertz CT molecular complexity index is 1770. The number of nitrogens with one attached hydrogen (secondary N) is 4. The van der Waals surface area contributed by atoms with Gasteiger partial charge in [-0.05, 0) is 47.9 Å². The van der Waals surface area contributed by atoms with Gasteiger partial charge in [-0.1, -0.05) is 62.4 Å². The van der Waals surface area contributed by atoms with Gasteiger partial charge in [-0.3, -0.25) is 19.6 Å². The second-order valence-electron chi connectivity index (χ2n) is 13.1. The third kappa shape index (κ3) is 7.34. The Morgan fingerprint density at radius 2 is 1.02 bits per heavy atom. The molecule has 2 aromatic carbocycles. The summed E-state index contributed by atoms with van der Waals surface area (Å²) < 4.78 is 0. The fourth-order valence-corrected chi connectivity index (χ4v) is 6.99. The molecule has 6 N–H and O–H groups in total. The normalized spacial score (nSPS) is 19.1. The number of imidazole rings is 2. The fraction of sp³-hybridized carbons (Fsp3) is 0.389. The number of hydrazine groups is 2. The highest BCUT2D eigenvalue weighted by Crippen LogP contribution is 2.34. The summed E-state index contributed by atoms with van der Waals surface area (Å²) in [5.74, 6) is 0.654. The molecule has 52 heavy (non-hydrogen) atoms. The van der Waals surface area contributed by atoms with E-state index in [9.17, 15) is 29.4 Å². The van der Waals surface area contributed by atoms with Crippen LogP contribution in [0.1, 0.15) is 63.3 Å². The minimum absolute atomic E-state index is 0.311. The van der Waals surface area contributed by atoms with E-state index in [0.717, 1.165) is 33.6 Å². The topological polar surface area (TPSA) is 203 Å². The number of H-pyrrole nitrogens is 2. The molecular formula is C36H44N10O6. The molecule has 0 saturated carbocycles. The highest BCUT2D eigenvalue weighted by Gasteiger charge is 2.40. The van der Waals surface area contributed by atoms with E-state index in [4.69, 9.17) is 0 Å². The van der Waals surface area contributed by atoms with Gasteiger partial charge in [-0.2, -0.15) is 0 Å². The number of hydrogen-bond acceptors (Lipinski definition) is 8. The standard InChI is InChI=1S/C36H44N10O6/c1-5-25(41-35(49)50)33(47)45-29(15-17-43(45)3)31-37-19-27(39-31)23-11-7-21(8-12-23)22-9-13-24(14-10-22)28-20-38-32(40-28)30-16-18-44(4)46(30)34(48)26(6-2)42-36(51)52/h7-14,19-20,25-26,29-30,41-42H,5-6,15-18H2,1-4H3,(H,37,39)(H,38,40)(H,49,50)(H,51,52)/t25-,26-,29-,30-/m0/s1. The minimum Gasteiger partial charge on any atom is -0.465 e. The molecule has 2 aromatic heterocycles. The average molecular weight is 713 g/mol. The van der Waals surface area contributed by atoms with E-state index in [0.29, 0.717) is 50.4 Å². The maximum atomic E-state index is 13.3. The van der Waals surface area contributed by atoms with Gasteiger partial charge in [-0.15, -0.1) is 0 Å². The van der Waals surface area contributed by atoms with E-state index < -0.39 is 24.3 Å². The molecule has 0 spiro atoms. The van der Waals surface area contributed by atoms with Crippen LogP contribution in [-0.2, 0) is 9.59 Å². The molecule has 4 amide bonds. The highest BCUT2D eigenvalue weighted by molar-refractivity contribution is 5.86. The van der Waals surface area contributed by atoms with Crippen LogP contribution < -0.4 is 10.6 Å². The molecular weight excluding hydrogens is 668 g/mol. The number of amides is 4. The third-order valence-corrected chi connectivity index (χ3v) is 9.79. The lowest BCUT2D eigenvalue weighted by molar-refractivity contribution is -0.149. The summed E-state index contributed by atoms with van der Waals surface area (Å²) in [5, 5.41) is 29.8. The second kappa shape index (κ2) is 15.2. The zero-order valence-corrected chi connectivity index (χ0v) is 29.5. The van der Waals surface area contributed by atoms with Crippen LogP contribution in [0.4, 0.5) is 9.59 Å². The van der Waals surface area contributed by atoms with Crippen molar-refractivity contribution in [3.05, 3.63) is 72.6 Å². The summed E-state index contributed by atoms with van der Waals surface area (Å²) >= 11 is 0. The van der Waals surface area contributed by atoms with Crippen LogP contribution in [0, 0.1) is 0 Å². The molecule has 2 aliphatic rings. The number of benzene rings is 2. The molecule has 16 nitrogen and oxygen atoms in total. The van der Waals surface area contributed by atoms with Crippen molar-refractivity contribution in [3.63, 3.8) is 0 Å². The molecule has 6 rings (SSSR count). The number of carbonyl (C=O) groups excluding carboxylic acids is 2. The lowest BCUT2D eigenvalue weighted by Crippen LogP contribution is -2.51. The number of nitrogens with zero attached hydrogens (tertiary/aromatic N) is 6. The summed E-state index contributed by atoms with van der Waals surface area (Å²) in [7, 11) is 3.62. The molecule has 0 bridgehead atoms. The van der Waals surface area contributed by atoms with Crippen LogP contribution in [-0.4, -0.2) is 113 Å². The molecule has 0 unspecified atom stereocenters. The molecule has 0 radical (unpaired) electrons. The van der Waals surface area contributed by atoms with Crippen molar-refractivity contribution in [2.45, 2.75) is 63.7 Å². The lowest BCUT2D eigenvalue weighted by Gasteiger charge is -2.31. The van der Waals surface area contributed by atoms with Crippen molar-refractivity contribution in [3.8, 4) is 33.6 Å². The van der Waals surface area contributed by atoms with Crippen molar-refractivity contribution in [1.82, 2.24) is 50.6 Å². The molecule has 274 valence electrons. The van der Waals surface area contributed by atoms with E-state index in [2.05, 4.69) is 30.6 Å². The van der Waals surface area contributed by atoms with Gasteiger partial charge in [0, 0.05) is 27.2 Å². The van der Waals surface area contributed by atoms with Gasteiger partial charge in [0.05, 0.1) is 23.8 Å². The zero-order chi connectivity index (χ0) is 37.1. The van der Waals surface area contributed by atoms with Gasteiger partial charge in [0.1, 0.15) is 35.8 Å². The Kier molecular flexibility index (Phi) is 10.6. The van der Waals surface area contributed by atoms with E-state index in [1.165, 1.54) is 0 Å². The van der Waals surface area contributed by atoms with Gasteiger partial charge in [0.15, 0.2) is 0 Å². The first kappa shape index (κ1) is 36.1. The monoisotopic (exact) mass is 712 g/mol. The first-order chi connectivity index (χ1) is 25.0. The highest BCUT2D eigenvalue weighted by atomic mass is 16.4. The van der Waals surface area contributed by atoms with Gasteiger partial charge < -0.3 is 30.8 Å². The Balaban J connectivity index is 1.13. The number of aromatic amines is 2. The molecule has 4 aromatic rings. The van der Waals surface area contributed by atoms with Crippen molar-refractivity contribution >= 4 is 24.0 Å². The molecule has 0 aliphatic carbocycles. The summed E-state index contributed by atoms with van der Waals surface area (Å²) in [6.07, 6.45) is 3.02. The number of hydrogen-bond donors (Lipinski definition) is 6. The number of aromatic nitrogens is 4. The van der Waals surface area contributed by atoms with E-state index in [1.54, 1.807) is 36.3 Å². The van der Waals surface area contributed by atoms with Gasteiger partial charge in [0.2, 0.25) is 0 Å². The molecule has 4 atom stereocenters. The lowest BCUT2D eigenvalue weighted by atomic mass is 10.0. The minimum atomic E-state index is -1.24. The largest absolute Gasteiger partial charge is 0.465 e. The van der Waals surface area contributed by atoms with Crippen LogP contribution in [0.3, 0.4) is 0 Å². The van der Waals surface area contributed by atoms with E-state index in [1.807, 2.05) is 72.6 Å².